The highest BCUT2D eigenvalue weighted by Crippen LogP contribution is 2.78. The molecule has 0 spiro atoms. The first-order valence-corrected chi connectivity index (χ1v) is 15.2. The first-order valence-electron chi connectivity index (χ1n) is 15.2. The Kier molecular flexibility index (Phi) is 6.02. The molecule has 1 nitrogen and oxygen atoms in total. The number of hydrogen-bond donors (Lipinski definition) is 0. The Labute approximate surface area is 217 Å². The molecule has 0 bridgehead atoms. The average Bonchev–Trinajstić information content (AvgIpc) is 3.23. The van der Waals surface area contributed by atoms with Crippen molar-refractivity contribution in [3.63, 3.8) is 0 Å². The first-order chi connectivity index (χ1) is 16.4. The van der Waals surface area contributed by atoms with Crippen molar-refractivity contribution in [2.45, 2.75) is 119 Å². The Morgan fingerprint density at radius 2 is 1.54 bits per heavy atom. The van der Waals surface area contributed by atoms with Crippen LogP contribution >= 0.6 is 0 Å². The van der Waals surface area contributed by atoms with Crippen molar-refractivity contribution < 1.29 is 4.74 Å². The molecular weight excluding hydrogens is 424 g/mol. The predicted molar refractivity (Wildman–Crippen MR) is 149 cm³/mol. The van der Waals surface area contributed by atoms with Crippen LogP contribution in [0.5, 0.6) is 0 Å². The molecule has 4 unspecified atom stereocenters. The highest BCUT2D eigenvalue weighted by molar-refractivity contribution is 5.25. The summed E-state index contributed by atoms with van der Waals surface area (Å²) in [5.41, 5.74) is 3.46. The number of fused-ring (bicyclic) bond motifs is 7. The van der Waals surface area contributed by atoms with Crippen molar-refractivity contribution in [2.24, 2.45) is 62.6 Å². The highest BCUT2D eigenvalue weighted by Gasteiger charge is 2.71. The topological polar surface area (TPSA) is 9.23 Å². The van der Waals surface area contributed by atoms with Gasteiger partial charge in [0.15, 0.2) is 0 Å². The number of methoxy groups -OCH3 is 1. The van der Waals surface area contributed by atoms with E-state index in [1.165, 1.54) is 76.2 Å². The summed E-state index contributed by atoms with van der Waals surface area (Å²) >= 11 is 0. The van der Waals surface area contributed by atoms with Gasteiger partial charge in [-0.05, 0) is 128 Å². The van der Waals surface area contributed by atoms with Crippen molar-refractivity contribution in [3.8, 4) is 0 Å². The van der Waals surface area contributed by atoms with E-state index in [1.54, 1.807) is 0 Å². The van der Waals surface area contributed by atoms with E-state index in [4.69, 9.17) is 4.74 Å². The summed E-state index contributed by atoms with van der Waals surface area (Å²) in [6, 6.07) is 0. The van der Waals surface area contributed by atoms with Gasteiger partial charge in [0.1, 0.15) is 0 Å². The summed E-state index contributed by atoms with van der Waals surface area (Å²) in [6.45, 7) is 27.4. The maximum absolute atomic E-state index is 5.97. The lowest BCUT2D eigenvalue weighted by Crippen LogP contribution is -2.66. The lowest BCUT2D eigenvalue weighted by Gasteiger charge is -2.73. The molecule has 0 aromatic rings. The van der Waals surface area contributed by atoms with Crippen LogP contribution in [0.25, 0.3) is 0 Å². The first kappa shape index (κ1) is 25.9. The number of rotatable bonds is 4. The minimum Gasteiger partial charge on any atom is -0.501 e. The van der Waals surface area contributed by atoms with Gasteiger partial charge in [-0.2, -0.15) is 0 Å². The zero-order valence-corrected chi connectivity index (χ0v) is 24.6. The Balaban J connectivity index is 1.56. The molecule has 5 rings (SSSR count). The van der Waals surface area contributed by atoms with Gasteiger partial charge in [-0.3, -0.25) is 0 Å². The normalized spacial score (nSPS) is 55.2. The van der Waals surface area contributed by atoms with E-state index < -0.39 is 0 Å². The van der Waals surface area contributed by atoms with Crippen LogP contribution in [0.3, 0.4) is 0 Å². The fraction of sp³-hybridized carbons (Fsp3) is 0.882. The molecule has 5 aliphatic carbocycles. The maximum Gasteiger partial charge on any atom is 0.0948 e. The van der Waals surface area contributed by atoms with Crippen LogP contribution in [0, 0.1) is 62.6 Å². The monoisotopic (exact) mass is 480 g/mol. The van der Waals surface area contributed by atoms with Crippen molar-refractivity contribution in [2.75, 3.05) is 7.11 Å². The standard InChI is InChI=1S/C34H56O/c1-11-30(6)23(4)14-17-31(7)27(30)16-18-33(9)28(31)13-12-26-29-25(22(2)3)15-19-34(29,24(5)35-10)21-20-32(26,33)8/h23,25-29H,2,5,11-21H2,1,3-4,6-10H3/t23-,25?,26?,27-,28?,29?,30+,31-,32+,33+,34+/m0/s1. The van der Waals surface area contributed by atoms with Crippen LogP contribution in [0.15, 0.2) is 24.5 Å². The second-order valence-electron chi connectivity index (χ2n) is 15.3. The van der Waals surface area contributed by atoms with Crippen LogP contribution in [0.1, 0.15) is 119 Å². The Bertz CT molecular complexity index is 887. The van der Waals surface area contributed by atoms with E-state index in [0.29, 0.717) is 33.5 Å². The molecule has 1 heteroatoms. The molecule has 35 heavy (non-hydrogen) atoms. The summed E-state index contributed by atoms with van der Waals surface area (Å²) < 4.78 is 5.97. The average molecular weight is 481 g/mol. The molecule has 5 aliphatic rings. The Morgan fingerprint density at radius 1 is 0.829 bits per heavy atom. The van der Waals surface area contributed by atoms with Crippen molar-refractivity contribution in [3.05, 3.63) is 24.5 Å². The lowest BCUT2D eigenvalue weighted by molar-refractivity contribution is -0.243. The van der Waals surface area contributed by atoms with E-state index in [2.05, 4.69) is 61.6 Å². The third-order valence-corrected chi connectivity index (χ3v) is 14.9. The van der Waals surface area contributed by atoms with Crippen LogP contribution in [0.2, 0.25) is 0 Å². The van der Waals surface area contributed by atoms with Crippen LogP contribution < -0.4 is 0 Å². The fourth-order valence-corrected chi connectivity index (χ4v) is 12.4. The molecule has 0 amide bonds. The quantitative estimate of drug-likeness (QED) is 0.287. The molecule has 0 radical (unpaired) electrons. The van der Waals surface area contributed by atoms with Crippen LogP contribution in [-0.4, -0.2) is 7.11 Å². The smallest absolute Gasteiger partial charge is 0.0948 e. The van der Waals surface area contributed by atoms with E-state index in [9.17, 15) is 0 Å². The third kappa shape index (κ3) is 3.05. The Morgan fingerprint density at radius 3 is 2.17 bits per heavy atom. The molecule has 0 N–H and O–H groups in total. The third-order valence-electron chi connectivity index (χ3n) is 14.9. The molecule has 11 atom stereocenters. The van der Waals surface area contributed by atoms with Gasteiger partial charge < -0.3 is 4.74 Å². The van der Waals surface area contributed by atoms with Gasteiger partial charge in [0.05, 0.1) is 12.9 Å². The predicted octanol–water partition coefficient (Wildman–Crippen LogP) is 9.83. The van der Waals surface area contributed by atoms with E-state index in [0.717, 1.165) is 29.4 Å². The van der Waals surface area contributed by atoms with Crippen LogP contribution in [0.4, 0.5) is 0 Å². The summed E-state index contributed by atoms with van der Waals surface area (Å²) in [4.78, 5) is 0. The van der Waals surface area contributed by atoms with Gasteiger partial charge in [0, 0.05) is 5.41 Å². The van der Waals surface area contributed by atoms with E-state index >= 15 is 0 Å². The molecule has 0 aliphatic heterocycles. The second kappa shape index (κ2) is 8.14. The number of ether oxygens (including phenoxy) is 1. The van der Waals surface area contributed by atoms with Crippen LogP contribution in [-0.2, 0) is 4.74 Å². The number of hydrogen-bond acceptors (Lipinski definition) is 1. The van der Waals surface area contributed by atoms with Crippen molar-refractivity contribution >= 4 is 0 Å². The molecule has 5 saturated carbocycles. The van der Waals surface area contributed by atoms with Crippen molar-refractivity contribution in [1.29, 1.82) is 0 Å². The largest absolute Gasteiger partial charge is 0.501 e. The van der Waals surface area contributed by atoms with Gasteiger partial charge in [0.25, 0.3) is 0 Å². The molecule has 198 valence electrons. The summed E-state index contributed by atoms with van der Waals surface area (Å²) in [6.07, 6.45) is 15.1. The summed E-state index contributed by atoms with van der Waals surface area (Å²) in [7, 11) is 1.87. The molecular formula is C34H56O. The van der Waals surface area contributed by atoms with E-state index in [-0.39, 0.29) is 5.41 Å². The molecule has 0 heterocycles. The van der Waals surface area contributed by atoms with Gasteiger partial charge in [-0.15, -0.1) is 0 Å². The van der Waals surface area contributed by atoms with E-state index in [1.807, 2.05) is 7.11 Å². The molecule has 5 fully saturated rings. The summed E-state index contributed by atoms with van der Waals surface area (Å²) in [5.74, 6) is 5.79. The van der Waals surface area contributed by atoms with Gasteiger partial charge in [-0.25, -0.2) is 0 Å². The lowest BCUT2D eigenvalue weighted by atomic mass is 9.31. The van der Waals surface area contributed by atoms with Gasteiger partial charge in [0.2, 0.25) is 0 Å². The highest BCUT2D eigenvalue weighted by atomic mass is 16.5. The van der Waals surface area contributed by atoms with Crippen molar-refractivity contribution in [1.82, 2.24) is 0 Å². The zero-order valence-electron chi connectivity index (χ0n) is 24.6. The number of allylic oxidation sites excluding steroid dienone is 2. The SMILES string of the molecule is C=C(C)C1CC[C@]2(C(=C)OC)CC[C@]3(C)C(CCC4[C@@]5(C)CC[C@H](C)[C@@](C)(CC)[C@@H]5CC[C@]43C)C12. The zero-order chi connectivity index (χ0) is 25.6. The van der Waals surface area contributed by atoms with Gasteiger partial charge in [-0.1, -0.05) is 66.7 Å². The fourth-order valence-electron chi connectivity index (χ4n) is 12.4. The second-order valence-corrected chi connectivity index (χ2v) is 15.3. The molecule has 0 saturated heterocycles. The van der Waals surface area contributed by atoms with Gasteiger partial charge >= 0.3 is 0 Å². The molecule has 0 aromatic carbocycles. The summed E-state index contributed by atoms with van der Waals surface area (Å²) in [5, 5.41) is 0. The minimum absolute atomic E-state index is 0.175. The Hall–Kier alpha value is -0.720. The molecule has 0 aromatic heterocycles. The maximum atomic E-state index is 5.97. The minimum atomic E-state index is 0.175.